The lowest BCUT2D eigenvalue weighted by molar-refractivity contribution is -0.142. The molecule has 0 saturated heterocycles. The monoisotopic (exact) mass is 382 g/mol. The topological polar surface area (TPSA) is 98.9 Å². The lowest BCUT2D eigenvalue weighted by atomic mass is 10.1. The molecule has 28 heavy (non-hydrogen) atoms. The molecule has 2 amide bonds. The molecule has 0 bridgehead atoms. The van der Waals surface area contributed by atoms with Crippen LogP contribution >= 0.6 is 0 Å². The molecule has 2 aromatic rings. The van der Waals surface area contributed by atoms with Crippen LogP contribution in [0.2, 0.25) is 0 Å². The van der Waals surface area contributed by atoms with Crippen LogP contribution in [0.5, 0.6) is 5.75 Å². The first-order valence-electron chi connectivity index (χ1n) is 9.01. The van der Waals surface area contributed by atoms with Crippen molar-refractivity contribution < 1.29 is 23.9 Å². The van der Waals surface area contributed by atoms with Gasteiger partial charge >= 0.3 is 5.97 Å². The summed E-state index contributed by atoms with van der Waals surface area (Å²) in [5, 5.41) is 0. The molecule has 2 aromatic carbocycles. The molecular weight excluding hydrogens is 360 g/mol. The van der Waals surface area contributed by atoms with Gasteiger partial charge < -0.3 is 15.2 Å². The van der Waals surface area contributed by atoms with Crippen molar-refractivity contribution >= 4 is 17.8 Å². The Hall–Kier alpha value is -3.19. The molecule has 1 aliphatic heterocycles. The number of ether oxygens (including phenoxy) is 2. The van der Waals surface area contributed by atoms with Crippen molar-refractivity contribution in [1.82, 2.24) is 4.90 Å². The summed E-state index contributed by atoms with van der Waals surface area (Å²) in [6, 6.07) is 13.4. The zero-order valence-corrected chi connectivity index (χ0v) is 15.6. The summed E-state index contributed by atoms with van der Waals surface area (Å²) < 4.78 is 10.3. The molecule has 1 aliphatic rings. The Labute approximate surface area is 163 Å². The number of carbonyl (C=O) groups is 3. The van der Waals surface area contributed by atoms with Gasteiger partial charge in [-0.25, -0.2) is 0 Å². The van der Waals surface area contributed by atoms with E-state index in [-0.39, 0.29) is 11.8 Å². The van der Waals surface area contributed by atoms with Crippen LogP contribution in [0.3, 0.4) is 0 Å². The van der Waals surface area contributed by atoms with Crippen LogP contribution < -0.4 is 10.5 Å². The molecule has 1 unspecified atom stereocenters. The number of esters is 1. The van der Waals surface area contributed by atoms with Crippen molar-refractivity contribution in [3.05, 3.63) is 65.2 Å². The molecule has 0 aliphatic carbocycles. The molecule has 3 rings (SSSR count). The van der Waals surface area contributed by atoms with Crippen LogP contribution in [0.15, 0.2) is 48.5 Å². The van der Waals surface area contributed by atoms with Crippen molar-refractivity contribution in [3.8, 4) is 5.75 Å². The van der Waals surface area contributed by atoms with E-state index in [1.54, 1.807) is 36.4 Å². The van der Waals surface area contributed by atoms with Gasteiger partial charge in [0, 0.05) is 6.54 Å². The van der Waals surface area contributed by atoms with E-state index in [9.17, 15) is 14.4 Å². The zero-order chi connectivity index (χ0) is 20.1. The number of hydrogen-bond donors (Lipinski definition) is 1. The lowest BCUT2D eigenvalue weighted by Crippen LogP contribution is -2.33. The number of hydrogen-bond acceptors (Lipinski definition) is 6. The molecule has 146 valence electrons. The molecule has 1 heterocycles. The molecule has 0 fully saturated rings. The molecule has 0 spiro atoms. The molecule has 0 radical (unpaired) electrons. The predicted octanol–water partition coefficient (Wildman–Crippen LogP) is 1.79. The Bertz CT molecular complexity index is 844. The maximum Gasteiger partial charge on any atom is 0.322 e. The average Bonchev–Trinajstić information content (AvgIpc) is 2.96. The lowest BCUT2D eigenvalue weighted by Gasteiger charge is -2.14. The van der Waals surface area contributed by atoms with Gasteiger partial charge in [0.1, 0.15) is 11.8 Å². The Balaban J connectivity index is 1.45. The zero-order valence-electron chi connectivity index (χ0n) is 15.6. The number of carbonyl (C=O) groups excluding carboxylic acids is 3. The van der Waals surface area contributed by atoms with Crippen LogP contribution in [-0.4, -0.2) is 49.0 Å². The highest BCUT2D eigenvalue weighted by Crippen LogP contribution is 2.22. The molecular formula is C21H22N2O5. The van der Waals surface area contributed by atoms with Gasteiger partial charge in [-0.15, -0.1) is 0 Å². The summed E-state index contributed by atoms with van der Waals surface area (Å²) in [6.45, 7) is 0.673. The summed E-state index contributed by atoms with van der Waals surface area (Å²) in [5.74, 6) is -0.301. The molecule has 0 aromatic heterocycles. The first-order valence-corrected chi connectivity index (χ1v) is 9.01. The van der Waals surface area contributed by atoms with Crippen molar-refractivity contribution in [3.63, 3.8) is 0 Å². The van der Waals surface area contributed by atoms with Gasteiger partial charge in [0.25, 0.3) is 11.8 Å². The minimum Gasteiger partial charge on any atom is -0.494 e. The van der Waals surface area contributed by atoms with Crippen LogP contribution in [0.1, 0.15) is 32.7 Å². The number of methoxy groups -OCH3 is 1. The van der Waals surface area contributed by atoms with Gasteiger partial charge in [0.15, 0.2) is 0 Å². The Morgan fingerprint density at radius 1 is 1.04 bits per heavy atom. The quantitative estimate of drug-likeness (QED) is 0.425. The second-order valence-electron chi connectivity index (χ2n) is 6.49. The van der Waals surface area contributed by atoms with E-state index in [1.165, 1.54) is 12.0 Å². The van der Waals surface area contributed by atoms with Gasteiger partial charge in [-0.2, -0.15) is 0 Å². The Morgan fingerprint density at radius 3 is 2.21 bits per heavy atom. The molecule has 7 nitrogen and oxygen atoms in total. The van der Waals surface area contributed by atoms with E-state index < -0.39 is 12.0 Å². The number of rotatable bonds is 8. The SMILES string of the molecule is COC(=O)C(N)Cc1ccc(OCCCN2C(=O)c3ccccc3C2=O)cc1. The Kier molecular flexibility index (Phi) is 6.06. The summed E-state index contributed by atoms with van der Waals surface area (Å²) in [5.41, 5.74) is 7.55. The number of benzene rings is 2. The van der Waals surface area contributed by atoms with E-state index in [4.69, 9.17) is 10.5 Å². The minimum absolute atomic E-state index is 0.258. The third-order valence-electron chi connectivity index (χ3n) is 4.56. The normalized spacial score (nSPS) is 14.0. The predicted molar refractivity (Wildman–Crippen MR) is 102 cm³/mol. The van der Waals surface area contributed by atoms with Crippen LogP contribution in [0.25, 0.3) is 0 Å². The fourth-order valence-electron chi connectivity index (χ4n) is 3.07. The highest BCUT2D eigenvalue weighted by molar-refractivity contribution is 6.21. The third kappa shape index (κ3) is 4.20. The minimum atomic E-state index is -0.698. The van der Waals surface area contributed by atoms with Gasteiger partial charge in [0.2, 0.25) is 0 Å². The smallest absolute Gasteiger partial charge is 0.322 e. The second kappa shape index (κ2) is 8.67. The maximum absolute atomic E-state index is 12.3. The highest BCUT2D eigenvalue weighted by Gasteiger charge is 2.34. The van der Waals surface area contributed by atoms with Crippen molar-refractivity contribution in [1.29, 1.82) is 0 Å². The van der Waals surface area contributed by atoms with Crippen LogP contribution in [-0.2, 0) is 16.0 Å². The Morgan fingerprint density at radius 2 is 1.64 bits per heavy atom. The summed E-state index contributed by atoms with van der Waals surface area (Å²) >= 11 is 0. The van der Waals surface area contributed by atoms with E-state index in [2.05, 4.69) is 4.74 Å². The molecule has 1 atom stereocenters. The first kappa shape index (κ1) is 19.6. The summed E-state index contributed by atoms with van der Waals surface area (Å²) in [4.78, 5) is 37.2. The number of fused-ring (bicyclic) bond motifs is 1. The fraction of sp³-hybridized carbons (Fsp3) is 0.286. The number of nitrogens with zero attached hydrogens (tertiary/aromatic N) is 1. The highest BCUT2D eigenvalue weighted by atomic mass is 16.5. The standard InChI is InChI=1S/C21H22N2O5/c1-27-21(26)18(22)13-14-7-9-15(10-8-14)28-12-4-11-23-19(24)16-5-2-3-6-17(16)20(23)25/h2-3,5-10,18H,4,11-13,22H2,1H3. The van der Waals surface area contributed by atoms with Crippen molar-refractivity contribution in [2.75, 3.05) is 20.3 Å². The summed E-state index contributed by atoms with van der Waals surface area (Å²) in [7, 11) is 1.31. The van der Waals surface area contributed by atoms with Gasteiger partial charge in [0.05, 0.1) is 24.8 Å². The molecule has 7 heteroatoms. The summed E-state index contributed by atoms with van der Waals surface area (Å²) in [6.07, 6.45) is 0.910. The molecule has 0 saturated carbocycles. The number of imide groups is 1. The second-order valence-corrected chi connectivity index (χ2v) is 6.49. The van der Waals surface area contributed by atoms with E-state index >= 15 is 0 Å². The van der Waals surface area contributed by atoms with E-state index in [1.807, 2.05) is 12.1 Å². The van der Waals surface area contributed by atoms with Gasteiger partial charge in [-0.3, -0.25) is 19.3 Å². The van der Waals surface area contributed by atoms with Crippen LogP contribution in [0, 0.1) is 0 Å². The van der Waals surface area contributed by atoms with Crippen molar-refractivity contribution in [2.45, 2.75) is 18.9 Å². The van der Waals surface area contributed by atoms with Gasteiger partial charge in [-0.05, 0) is 42.7 Å². The number of amides is 2. The maximum atomic E-state index is 12.3. The molecule has 2 N–H and O–H groups in total. The van der Waals surface area contributed by atoms with Crippen LogP contribution in [0.4, 0.5) is 0 Å². The average molecular weight is 382 g/mol. The van der Waals surface area contributed by atoms with Crippen molar-refractivity contribution in [2.24, 2.45) is 5.73 Å². The van der Waals surface area contributed by atoms with Gasteiger partial charge in [-0.1, -0.05) is 24.3 Å². The third-order valence-corrected chi connectivity index (χ3v) is 4.56. The van der Waals surface area contributed by atoms with E-state index in [0.29, 0.717) is 42.9 Å². The first-order chi connectivity index (χ1) is 13.5. The fourth-order valence-corrected chi connectivity index (χ4v) is 3.07. The number of nitrogens with two attached hydrogens (primary N) is 1. The largest absolute Gasteiger partial charge is 0.494 e. The van der Waals surface area contributed by atoms with E-state index in [0.717, 1.165) is 5.56 Å².